The van der Waals surface area contributed by atoms with Crippen molar-refractivity contribution in [2.24, 2.45) is 10.2 Å². The van der Waals surface area contributed by atoms with E-state index in [-0.39, 0.29) is 0 Å². The molecule has 0 aliphatic carbocycles. The smallest absolute Gasteiger partial charge is 0.154 e. The van der Waals surface area contributed by atoms with Crippen molar-refractivity contribution in [1.82, 2.24) is 0 Å². The molecule has 3 heteroatoms. The van der Waals surface area contributed by atoms with E-state index >= 15 is 0 Å². The summed E-state index contributed by atoms with van der Waals surface area (Å²) in [5.74, 6) is 0. The standard InChI is InChI=1S/C6H9ClN2/c1-4-5(2)6(7)9-8-3/h2-4H2,1H3/b9-6+. The molecule has 0 saturated heterocycles. The van der Waals surface area contributed by atoms with Crippen molar-refractivity contribution in [1.29, 1.82) is 0 Å². The van der Waals surface area contributed by atoms with Crippen molar-refractivity contribution in [2.75, 3.05) is 0 Å². The highest BCUT2D eigenvalue weighted by Crippen LogP contribution is 2.03. The van der Waals surface area contributed by atoms with Crippen molar-refractivity contribution < 1.29 is 0 Å². The first-order chi connectivity index (χ1) is 4.22. The van der Waals surface area contributed by atoms with Crippen LogP contribution >= 0.6 is 11.6 Å². The maximum Gasteiger partial charge on any atom is 0.154 e. The molecule has 0 spiro atoms. The number of hydrogen-bond acceptors (Lipinski definition) is 2. The highest BCUT2D eigenvalue weighted by molar-refractivity contribution is 6.69. The van der Waals surface area contributed by atoms with Crippen molar-refractivity contribution in [3.63, 3.8) is 0 Å². The molecule has 2 nitrogen and oxygen atoms in total. The molecule has 0 aromatic rings. The summed E-state index contributed by atoms with van der Waals surface area (Å²) in [6.45, 7) is 8.74. The van der Waals surface area contributed by atoms with Gasteiger partial charge in [-0.05, 0) is 12.0 Å². The molecular formula is C6H9ClN2. The second kappa shape index (κ2) is 4.27. The molecule has 0 amide bonds. The van der Waals surface area contributed by atoms with Crippen LogP contribution in [-0.2, 0) is 0 Å². The topological polar surface area (TPSA) is 24.7 Å². The van der Waals surface area contributed by atoms with E-state index in [4.69, 9.17) is 11.6 Å². The zero-order valence-electron chi connectivity index (χ0n) is 5.39. The third-order valence-corrected chi connectivity index (χ3v) is 1.22. The fraction of sp³-hybridized carbons (Fsp3) is 0.333. The zero-order valence-corrected chi connectivity index (χ0v) is 6.15. The molecule has 0 unspecified atom stereocenters. The van der Waals surface area contributed by atoms with Crippen LogP contribution in [0, 0.1) is 0 Å². The Bertz CT molecular complexity index is 149. The summed E-state index contributed by atoms with van der Waals surface area (Å²) in [6, 6.07) is 0. The molecular weight excluding hydrogens is 136 g/mol. The van der Waals surface area contributed by atoms with Crippen molar-refractivity contribution in [3.05, 3.63) is 12.2 Å². The normalized spacial score (nSPS) is 11.1. The van der Waals surface area contributed by atoms with Crippen LogP contribution in [0.3, 0.4) is 0 Å². The van der Waals surface area contributed by atoms with Crippen LogP contribution in [0.5, 0.6) is 0 Å². The van der Waals surface area contributed by atoms with Gasteiger partial charge in [0.1, 0.15) is 0 Å². The lowest BCUT2D eigenvalue weighted by molar-refractivity contribution is 1.17. The molecule has 0 rings (SSSR count). The monoisotopic (exact) mass is 144 g/mol. The van der Waals surface area contributed by atoms with Crippen molar-refractivity contribution >= 4 is 23.5 Å². The van der Waals surface area contributed by atoms with E-state index in [0.29, 0.717) is 5.17 Å². The highest BCUT2D eigenvalue weighted by atomic mass is 35.5. The second-order valence-electron chi connectivity index (χ2n) is 1.49. The number of rotatable bonds is 3. The van der Waals surface area contributed by atoms with Gasteiger partial charge in [-0.3, -0.25) is 0 Å². The van der Waals surface area contributed by atoms with Gasteiger partial charge in [-0.25, -0.2) is 0 Å². The third kappa shape index (κ3) is 3.03. The number of allylic oxidation sites excluding steroid dienone is 1. The Morgan fingerprint density at radius 1 is 1.67 bits per heavy atom. The largest absolute Gasteiger partial charge is 0.166 e. The lowest BCUT2D eigenvalue weighted by Crippen LogP contribution is -1.88. The van der Waals surface area contributed by atoms with Gasteiger partial charge in [0.25, 0.3) is 0 Å². The maximum absolute atomic E-state index is 5.55. The second-order valence-corrected chi connectivity index (χ2v) is 1.85. The first-order valence-corrected chi connectivity index (χ1v) is 2.97. The van der Waals surface area contributed by atoms with Crippen LogP contribution in [0.15, 0.2) is 22.4 Å². The Labute approximate surface area is 59.9 Å². The molecule has 9 heavy (non-hydrogen) atoms. The minimum atomic E-state index is 0.340. The summed E-state index contributed by atoms with van der Waals surface area (Å²) in [7, 11) is 0. The summed E-state index contributed by atoms with van der Waals surface area (Å²) < 4.78 is 0. The molecule has 0 bridgehead atoms. The predicted octanol–water partition coefficient (Wildman–Crippen LogP) is 2.21. The Morgan fingerprint density at radius 3 is 2.56 bits per heavy atom. The Balaban J connectivity index is 4.01. The molecule has 0 aliphatic heterocycles. The summed E-state index contributed by atoms with van der Waals surface area (Å²) in [5.41, 5.74) is 0.782. The molecule has 0 saturated carbocycles. The first kappa shape index (κ1) is 8.37. The van der Waals surface area contributed by atoms with Gasteiger partial charge in [-0.1, -0.05) is 25.1 Å². The van der Waals surface area contributed by atoms with Gasteiger partial charge in [-0.2, -0.15) is 5.10 Å². The first-order valence-electron chi connectivity index (χ1n) is 2.59. The van der Waals surface area contributed by atoms with E-state index < -0.39 is 0 Å². The van der Waals surface area contributed by atoms with Gasteiger partial charge < -0.3 is 0 Å². The molecule has 0 radical (unpaired) electrons. The summed E-state index contributed by atoms with van der Waals surface area (Å²) in [5, 5.41) is 7.08. The third-order valence-electron chi connectivity index (χ3n) is 0.877. The van der Waals surface area contributed by atoms with Crippen LogP contribution in [-0.4, -0.2) is 11.9 Å². The number of nitrogens with zero attached hydrogens (tertiary/aromatic N) is 2. The van der Waals surface area contributed by atoms with Crippen molar-refractivity contribution in [3.8, 4) is 0 Å². The molecule has 0 aromatic carbocycles. The van der Waals surface area contributed by atoms with E-state index in [1.54, 1.807) is 0 Å². The van der Waals surface area contributed by atoms with Gasteiger partial charge in [-0.15, -0.1) is 5.10 Å². The van der Waals surface area contributed by atoms with Gasteiger partial charge in [0.15, 0.2) is 5.17 Å². The fourth-order valence-electron chi connectivity index (χ4n) is 0.279. The van der Waals surface area contributed by atoms with Crippen LogP contribution in [0.2, 0.25) is 0 Å². The Kier molecular flexibility index (Phi) is 3.97. The average Bonchev–Trinajstić information content (AvgIpc) is 1.87. The highest BCUT2D eigenvalue weighted by Gasteiger charge is 1.95. The molecule has 50 valence electrons. The van der Waals surface area contributed by atoms with Crippen LogP contribution in [0.4, 0.5) is 0 Å². The van der Waals surface area contributed by atoms with Crippen LogP contribution in [0.1, 0.15) is 13.3 Å². The predicted molar refractivity (Wildman–Crippen MR) is 42.3 cm³/mol. The van der Waals surface area contributed by atoms with E-state index in [1.807, 2.05) is 6.92 Å². The van der Waals surface area contributed by atoms with Crippen LogP contribution in [0.25, 0.3) is 0 Å². The van der Waals surface area contributed by atoms with E-state index in [9.17, 15) is 0 Å². The molecule has 0 aliphatic rings. The Hall–Kier alpha value is -0.630. The van der Waals surface area contributed by atoms with Gasteiger partial charge >= 0.3 is 0 Å². The minimum Gasteiger partial charge on any atom is -0.166 e. The number of halogens is 1. The summed E-state index contributed by atoms with van der Waals surface area (Å²) >= 11 is 5.55. The van der Waals surface area contributed by atoms with Gasteiger partial charge in [0, 0.05) is 6.72 Å². The van der Waals surface area contributed by atoms with E-state index in [0.717, 1.165) is 12.0 Å². The van der Waals surface area contributed by atoms with E-state index in [2.05, 4.69) is 23.5 Å². The summed E-state index contributed by atoms with van der Waals surface area (Å²) in [6.07, 6.45) is 0.790. The number of hydrogen-bond donors (Lipinski definition) is 0. The molecule has 0 heterocycles. The minimum absolute atomic E-state index is 0.340. The van der Waals surface area contributed by atoms with E-state index in [1.165, 1.54) is 0 Å². The fourth-order valence-corrected chi connectivity index (χ4v) is 0.466. The lowest BCUT2D eigenvalue weighted by Gasteiger charge is -1.93. The Morgan fingerprint density at radius 2 is 2.22 bits per heavy atom. The molecule has 0 fully saturated rings. The van der Waals surface area contributed by atoms with Crippen molar-refractivity contribution in [2.45, 2.75) is 13.3 Å². The summed E-state index contributed by atoms with van der Waals surface area (Å²) in [4.78, 5) is 0. The quantitative estimate of drug-likeness (QED) is 0.429. The SMILES string of the molecule is C=N/N=C(/Cl)C(=C)CC. The molecule has 0 N–H and O–H groups in total. The maximum atomic E-state index is 5.55. The van der Waals surface area contributed by atoms with Gasteiger partial charge in [0.2, 0.25) is 0 Å². The molecule has 0 aromatic heterocycles. The lowest BCUT2D eigenvalue weighted by atomic mass is 10.3. The zero-order chi connectivity index (χ0) is 7.28. The van der Waals surface area contributed by atoms with Crippen LogP contribution < -0.4 is 0 Å². The van der Waals surface area contributed by atoms with Gasteiger partial charge in [0.05, 0.1) is 0 Å². The molecule has 0 atom stereocenters. The average molecular weight is 145 g/mol.